The van der Waals surface area contributed by atoms with E-state index in [1.165, 1.54) is 36.0 Å². The van der Waals surface area contributed by atoms with Crippen LogP contribution in [-0.2, 0) is 6.54 Å². The molecule has 1 aliphatic heterocycles. The van der Waals surface area contributed by atoms with Gasteiger partial charge in [-0.15, -0.1) is 0 Å². The molecule has 1 aromatic rings. The Balaban J connectivity index is 1.87. The summed E-state index contributed by atoms with van der Waals surface area (Å²) in [6, 6.07) is 9.33. The number of benzene rings is 1. The SMILES string of the molecule is CNC1CCN(Cc2cccc(Br)c2)CC1. The lowest BCUT2D eigenvalue weighted by Gasteiger charge is -2.31. The molecule has 0 saturated carbocycles. The van der Waals surface area contributed by atoms with Gasteiger partial charge in [0, 0.05) is 17.1 Å². The number of likely N-dealkylation sites (tertiary alicyclic amines) is 1. The van der Waals surface area contributed by atoms with Crippen molar-refractivity contribution in [1.29, 1.82) is 0 Å². The molecule has 16 heavy (non-hydrogen) atoms. The molecule has 0 atom stereocenters. The lowest BCUT2D eigenvalue weighted by molar-refractivity contribution is 0.194. The molecule has 1 aliphatic rings. The highest BCUT2D eigenvalue weighted by Crippen LogP contribution is 2.16. The Bertz CT molecular complexity index is 332. The molecule has 0 aromatic heterocycles. The van der Waals surface area contributed by atoms with E-state index >= 15 is 0 Å². The van der Waals surface area contributed by atoms with Crippen LogP contribution in [0.15, 0.2) is 28.7 Å². The average molecular weight is 283 g/mol. The zero-order chi connectivity index (χ0) is 11.4. The molecule has 0 spiro atoms. The number of nitrogens with zero attached hydrogens (tertiary/aromatic N) is 1. The first-order valence-electron chi connectivity index (χ1n) is 5.92. The van der Waals surface area contributed by atoms with Crippen molar-refractivity contribution in [3.05, 3.63) is 34.3 Å². The highest BCUT2D eigenvalue weighted by molar-refractivity contribution is 9.10. The Morgan fingerprint density at radius 1 is 1.38 bits per heavy atom. The number of hydrogen-bond acceptors (Lipinski definition) is 2. The minimum absolute atomic E-state index is 0.721. The van der Waals surface area contributed by atoms with Gasteiger partial charge in [0.2, 0.25) is 0 Å². The molecule has 0 radical (unpaired) electrons. The average Bonchev–Trinajstić information content (AvgIpc) is 2.30. The number of hydrogen-bond donors (Lipinski definition) is 1. The van der Waals surface area contributed by atoms with E-state index in [4.69, 9.17) is 0 Å². The van der Waals surface area contributed by atoms with Gasteiger partial charge in [-0.25, -0.2) is 0 Å². The first-order chi connectivity index (χ1) is 7.78. The van der Waals surface area contributed by atoms with E-state index in [0.717, 1.165) is 12.6 Å². The van der Waals surface area contributed by atoms with E-state index in [0.29, 0.717) is 0 Å². The van der Waals surface area contributed by atoms with Crippen LogP contribution in [0.3, 0.4) is 0 Å². The van der Waals surface area contributed by atoms with Crippen molar-refractivity contribution >= 4 is 15.9 Å². The maximum Gasteiger partial charge on any atom is 0.0234 e. The fourth-order valence-corrected chi connectivity index (χ4v) is 2.72. The van der Waals surface area contributed by atoms with E-state index < -0.39 is 0 Å². The molecule has 1 heterocycles. The lowest BCUT2D eigenvalue weighted by Crippen LogP contribution is -2.40. The zero-order valence-electron chi connectivity index (χ0n) is 9.75. The summed E-state index contributed by atoms with van der Waals surface area (Å²) in [6.45, 7) is 3.49. The van der Waals surface area contributed by atoms with Gasteiger partial charge in [-0.05, 0) is 50.7 Å². The maximum atomic E-state index is 3.52. The molecule has 1 N–H and O–H groups in total. The van der Waals surface area contributed by atoms with E-state index in [1.807, 2.05) is 0 Å². The highest BCUT2D eigenvalue weighted by Gasteiger charge is 2.17. The third-order valence-electron chi connectivity index (χ3n) is 3.29. The Kier molecular flexibility index (Phi) is 4.38. The number of halogens is 1. The minimum Gasteiger partial charge on any atom is -0.317 e. The molecular formula is C13H19BrN2. The smallest absolute Gasteiger partial charge is 0.0234 e. The van der Waals surface area contributed by atoms with Crippen LogP contribution in [0.2, 0.25) is 0 Å². The van der Waals surface area contributed by atoms with E-state index in [1.54, 1.807) is 0 Å². The summed E-state index contributed by atoms with van der Waals surface area (Å²) in [4.78, 5) is 2.54. The summed E-state index contributed by atoms with van der Waals surface area (Å²) in [5.74, 6) is 0. The standard InChI is InChI=1S/C13H19BrN2/c1-15-13-5-7-16(8-6-13)10-11-3-2-4-12(14)9-11/h2-4,9,13,15H,5-8,10H2,1H3. The predicted octanol–water partition coefficient (Wildman–Crippen LogP) is 2.63. The summed E-state index contributed by atoms with van der Waals surface area (Å²) in [5.41, 5.74) is 1.40. The van der Waals surface area contributed by atoms with Gasteiger partial charge in [0.1, 0.15) is 0 Å². The fourth-order valence-electron chi connectivity index (χ4n) is 2.27. The number of piperidine rings is 1. The summed E-state index contributed by atoms with van der Waals surface area (Å²) in [7, 11) is 2.06. The van der Waals surface area contributed by atoms with E-state index in [-0.39, 0.29) is 0 Å². The highest BCUT2D eigenvalue weighted by atomic mass is 79.9. The molecule has 1 saturated heterocycles. The van der Waals surface area contributed by atoms with Crippen LogP contribution < -0.4 is 5.32 Å². The molecule has 3 heteroatoms. The summed E-state index contributed by atoms with van der Waals surface area (Å²) in [5, 5.41) is 3.36. The van der Waals surface area contributed by atoms with Crippen molar-refractivity contribution < 1.29 is 0 Å². The molecule has 2 nitrogen and oxygen atoms in total. The maximum absolute atomic E-state index is 3.52. The molecule has 0 unspecified atom stereocenters. The summed E-state index contributed by atoms with van der Waals surface area (Å²) < 4.78 is 1.18. The van der Waals surface area contributed by atoms with Gasteiger partial charge in [0.05, 0.1) is 0 Å². The fraction of sp³-hybridized carbons (Fsp3) is 0.538. The van der Waals surface area contributed by atoms with Gasteiger partial charge in [0.25, 0.3) is 0 Å². The van der Waals surface area contributed by atoms with Crippen LogP contribution in [0, 0.1) is 0 Å². The van der Waals surface area contributed by atoms with Crippen LogP contribution in [0.1, 0.15) is 18.4 Å². The first-order valence-corrected chi connectivity index (χ1v) is 6.71. The second kappa shape index (κ2) is 5.80. The third kappa shape index (κ3) is 3.30. The first kappa shape index (κ1) is 12.1. The van der Waals surface area contributed by atoms with Gasteiger partial charge in [-0.3, -0.25) is 4.90 Å². The Labute approximate surface area is 106 Å². The van der Waals surface area contributed by atoms with Crippen LogP contribution >= 0.6 is 15.9 Å². The Morgan fingerprint density at radius 2 is 2.12 bits per heavy atom. The monoisotopic (exact) mass is 282 g/mol. The molecule has 1 fully saturated rings. The second-order valence-electron chi connectivity index (χ2n) is 4.47. The van der Waals surface area contributed by atoms with E-state index in [9.17, 15) is 0 Å². The molecule has 0 bridgehead atoms. The van der Waals surface area contributed by atoms with Crippen LogP contribution in [0.4, 0.5) is 0 Å². The molecule has 0 amide bonds. The molecular weight excluding hydrogens is 264 g/mol. The zero-order valence-corrected chi connectivity index (χ0v) is 11.3. The van der Waals surface area contributed by atoms with Gasteiger partial charge < -0.3 is 5.32 Å². The van der Waals surface area contributed by atoms with E-state index in [2.05, 4.69) is 57.5 Å². The van der Waals surface area contributed by atoms with Crippen molar-refractivity contribution in [3.8, 4) is 0 Å². The van der Waals surface area contributed by atoms with Gasteiger partial charge in [-0.2, -0.15) is 0 Å². The van der Waals surface area contributed by atoms with Gasteiger partial charge in [-0.1, -0.05) is 28.1 Å². The molecule has 0 aliphatic carbocycles. The Morgan fingerprint density at radius 3 is 2.75 bits per heavy atom. The molecule has 88 valence electrons. The quantitative estimate of drug-likeness (QED) is 0.917. The van der Waals surface area contributed by atoms with Gasteiger partial charge in [0.15, 0.2) is 0 Å². The van der Waals surface area contributed by atoms with Crippen LogP contribution in [0.5, 0.6) is 0 Å². The van der Waals surface area contributed by atoms with Crippen molar-refractivity contribution in [2.45, 2.75) is 25.4 Å². The minimum atomic E-state index is 0.721. The van der Waals surface area contributed by atoms with Crippen molar-refractivity contribution in [2.24, 2.45) is 0 Å². The summed E-state index contributed by atoms with van der Waals surface area (Å²) in [6.07, 6.45) is 2.54. The predicted molar refractivity (Wildman–Crippen MR) is 71.5 cm³/mol. The topological polar surface area (TPSA) is 15.3 Å². The number of rotatable bonds is 3. The van der Waals surface area contributed by atoms with Crippen LogP contribution in [0.25, 0.3) is 0 Å². The molecule has 2 rings (SSSR count). The second-order valence-corrected chi connectivity index (χ2v) is 5.38. The number of nitrogens with one attached hydrogen (secondary N) is 1. The summed E-state index contributed by atoms with van der Waals surface area (Å²) >= 11 is 3.52. The Hall–Kier alpha value is -0.380. The van der Waals surface area contributed by atoms with Crippen molar-refractivity contribution in [1.82, 2.24) is 10.2 Å². The molecule has 1 aromatic carbocycles. The van der Waals surface area contributed by atoms with Crippen molar-refractivity contribution in [3.63, 3.8) is 0 Å². The lowest BCUT2D eigenvalue weighted by atomic mass is 10.0. The van der Waals surface area contributed by atoms with Gasteiger partial charge >= 0.3 is 0 Å². The normalized spacial score (nSPS) is 18.9. The largest absolute Gasteiger partial charge is 0.317 e. The third-order valence-corrected chi connectivity index (χ3v) is 3.78. The van der Waals surface area contributed by atoms with Crippen molar-refractivity contribution in [2.75, 3.05) is 20.1 Å². The van der Waals surface area contributed by atoms with Crippen LogP contribution in [-0.4, -0.2) is 31.1 Å².